The molecule has 158 valence electrons. The van der Waals surface area contributed by atoms with Gasteiger partial charge in [0.05, 0.1) is 31.0 Å². The van der Waals surface area contributed by atoms with Gasteiger partial charge in [-0.2, -0.15) is 0 Å². The molecule has 0 saturated heterocycles. The molecule has 6 heteroatoms. The third-order valence-electron chi connectivity index (χ3n) is 5.25. The van der Waals surface area contributed by atoms with E-state index in [-0.39, 0.29) is 5.91 Å². The van der Waals surface area contributed by atoms with Gasteiger partial charge in [0, 0.05) is 11.6 Å². The average Bonchev–Trinajstić information content (AvgIpc) is 3.19. The maximum atomic E-state index is 13.7. The number of aryl methyl sites for hydroxylation is 2. The van der Waals surface area contributed by atoms with Crippen molar-refractivity contribution < 1.29 is 14.3 Å². The SMILES string of the molecule is COc1cc(OC)cc(C(=O)N(Cc2ccccc2)c2nc3cc(C)c(C)cc3s2)c1. The number of carbonyl (C=O) groups excluding carboxylic acids is 1. The molecule has 5 nitrogen and oxygen atoms in total. The van der Waals surface area contributed by atoms with Crippen LogP contribution >= 0.6 is 11.3 Å². The van der Waals surface area contributed by atoms with E-state index in [4.69, 9.17) is 14.5 Å². The first-order valence-electron chi connectivity index (χ1n) is 9.95. The minimum Gasteiger partial charge on any atom is -0.497 e. The molecule has 0 aliphatic rings. The Morgan fingerprint density at radius 2 is 1.58 bits per heavy atom. The lowest BCUT2D eigenvalue weighted by Gasteiger charge is -2.21. The molecule has 0 spiro atoms. The number of fused-ring (bicyclic) bond motifs is 1. The molecule has 4 aromatic rings. The third-order valence-corrected chi connectivity index (χ3v) is 6.29. The first kappa shape index (κ1) is 20.9. The van der Waals surface area contributed by atoms with Gasteiger partial charge in [0.1, 0.15) is 11.5 Å². The van der Waals surface area contributed by atoms with Gasteiger partial charge in [-0.25, -0.2) is 4.98 Å². The lowest BCUT2D eigenvalue weighted by Crippen LogP contribution is -2.30. The van der Waals surface area contributed by atoms with Crippen LogP contribution in [0.15, 0.2) is 60.7 Å². The van der Waals surface area contributed by atoms with Gasteiger partial charge in [0.25, 0.3) is 5.91 Å². The quantitative estimate of drug-likeness (QED) is 0.388. The minimum atomic E-state index is -0.159. The van der Waals surface area contributed by atoms with Crippen molar-refractivity contribution in [3.8, 4) is 11.5 Å². The van der Waals surface area contributed by atoms with Gasteiger partial charge in [-0.05, 0) is 54.8 Å². The summed E-state index contributed by atoms with van der Waals surface area (Å²) in [5.74, 6) is 0.976. The Bertz CT molecular complexity index is 1170. The summed E-state index contributed by atoms with van der Waals surface area (Å²) in [6, 6.07) is 19.3. The predicted molar refractivity (Wildman–Crippen MR) is 126 cm³/mol. The second-order valence-corrected chi connectivity index (χ2v) is 8.39. The van der Waals surface area contributed by atoms with Crippen molar-refractivity contribution in [2.24, 2.45) is 0 Å². The van der Waals surface area contributed by atoms with Crippen molar-refractivity contribution in [3.05, 3.63) is 82.9 Å². The number of nitrogens with zero attached hydrogens (tertiary/aromatic N) is 2. The summed E-state index contributed by atoms with van der Waals surface area (Å²) in [5, 5.41) is 0.663. The number of amides is 1. The third kappa shape index (κ3) is 4.39. The molecule has 0 aliphatic carbocycles. The van der Waals surface area contributed by atoms with Crippen molar-refractivity contribution in [1.29, 1.82) is 0 Å². The van der Waals surface area contributed by atoms with Gasteiger partial charge < -0.3 is 9.47 Å². The number of aromatic nitrogens is 1. The van der Waals surface area contributed by atoms with Crippen molar-refractivity contribution >= 4 is 32.6 Å². The van der Waals surface area contributed by atoms with E-state index in [0.717, 1.165) is 15.8 Å². The Morgan fingerprint density at radius 1 is 0.935 bits per heavy atom. The summed E-state index contributed by atoms with van der Waals surface area (Å²) in [5.41, 5.74) is 4.80. The highest BCUT2D eigenvalue weighted by Crippen LogP contribution is 2.33. The Labute approximate surface area is 185 Å². The molecule has 0 bridgehead atoms. The van der Waals surface area contributed by atoms with E-state index in [2.05, 4.69) is 26.0 Å². The van der Waals surface area contributed by atoms with Crippen molar-refractivity contribution in [1.82, 2.24) is 4.98 Å². The van der Waals surface area contributed by atoms with Gasteiger partial charge in [-0.15, -0.1) is 0 Å². The fourth-order valence-electron chi connectivity index (χ4n) is 3.36. The summed E-state index contributed by atoms with van der Waals surface area (Å²) in [6.07, 6.45) is 0. The molecule has 4 rings (SSSR count). The van der Waals surface area contributed by atoms with Crippen LogP contribution in [0, 0.1) is 13.8 Å². The number of hydrogen-bond donors (Lipinski definition) is 0. The molecule has 0 saturated carbocycles. The fraction of sp³-hybridized carbons (Fsp3) is 0.200. The minimum absolute atomic E-state index is 0.159. The molecule has 1 amide bonds. The van der Waals surface area contributed by atoms with Crippen molar-refractivity contribution in [2.45, 2.75) is 20.4 Å². The van der Waals surface area contributed by atoms with Crippen molar-refractivity contribution in [2.75, 3.05) is 19.1 Å². The molecule has 1 heterocycles. The Morgan fingerprint density at radius 3 is 2.23 bits per heavy atom. The van der Waals surface area contributed by atoms with Gasteiger partial charge in [-0.3, -0.25) is 9.69 Å². The molecule has 1 aromatic heterocycles. The molecule has 0 N–H and O–H groups in total. The second kappa shape index (κ2) is 8.78. The van der Waals surface area contributed by atoms with E-state index in [1.807, 2.05) is 30.3 Å². The van der Waals surface area contributed by atoms with E-state index in [1.165, 1.54) is 22.5 Å². The number of rotatable bonds is 6. The Balaban J connectivity index is 1.80. The van der Waals surface area contributed by atoms with Crippen LogP contribution in [-0.4, -0.2) is 25.1 Å². The first-order valence-corrected chi connectivity index (χ1v) is 10.8. The van der Waals surface area contributed by atoms with Gasteiger partial charge in [0.2, 0.25) is 0 Å². The van der Waals surface area contributed by atoms with Crippen LogP contribution < -0.4 is 14.4 Å². The normalized spacial score (nSPS) is 10.8. The number of anilines is 1. The molecular weight excluding hydrogens is 408 g/mol. The Hall–Kier alpha value is -3.38. The van der Waals surface area contributed by atoms with E-state index >= 15 is 0 Å². The number of thiazole rings is 1. The molecule has 0 fully saturated rings. The molecule has 31 heavy (non-hydrogen) atoms. The highest BCUT2D eigenvalue weighted by molar-refractivity contribution is 7.22. The summed E-state index contributed by atoms with van der Waals surface area (Å²) in [7, 11) is 3.14. The Kier molecular flexibility index (Phi) is 5.91. The van der Waals surface area contributed by atoms with Crippen LogP contribution in [0.3, 0.4) is 0 Å². The van der Waals surface area contributed by atoms with E-state index in [9.17, 15) is 4.79 Å². The number of benzene rings is 3. The van der Waals surface area contributed by atoms with Crippen molar-refractivity contribution in [3.63, 3.8) is 0 Å². The van der Waals surface area contributed by atoms with Crippen LogP contribution in [0.25, 0.3) is 10.2 Å². The zero-order valence-electron chi connectivity index (χ0n) is 18.0. The molecule has 0 atom stereocenters. The topological polar surface area (TPSA) is 51.7 Å². The highest BCUT2D eigenvalue weighted by atomic mass is 32.1. The zero-order valence-corrected chi connectivity index (χ0v) is 18.8. The standard InChI is InChI=1S/C25H24N2O3S/c1-16-10-22-23(11-17(16)2)31-25(26-22)27(15-18-8-6-5-7-9-18)24(28)19-12-20(29-3)14-21(13-19)30-4/h5-14H,15H2,1-4H3. The zero-order chi connectivity index (χ0) is 22.0. The number of carbonyl (C=O) groups is 1. The maximum absolute atomic E-state index is 13.7. The van der Waals surface area contributed by atoms with Crippen LogP contribution in [-0.2, 0) is 6.54 Å². The smallest absolute Gasteiger partial charge is 0.260 e. The first-order chi connectivity index (χ1) is 15.0. The number of hydrogen-bond acceptors (Lipinski definition) is 5. The lowest BCUT2D eigenvalue weighted by molar-refractivity contribution is 0.0984. The molecular formula is C25H24N2O3S. The molecule has 0 unspecified atom stereocenters. The fourth-order valence-corrected chi connectivity index (χ4v) is 4.41. The van der Waals surface area contributed by atoms with Gasteiger partial charge in [-0.1, -0.05) is 41.7 Å². The van der Waals surface area contributed by atoms with Crippen LogP contribution in [0.4, 0.5) is 5.13 Å². The second-order valence-electron chi connectivity index (χ2n) is 7.38. The maximum Gasteiger partial charge on any atom is 0.260 e. The summed E-state index contributed by atoms with van der Waals surface area (Å²) in [4.78, 5) is 20.2. The lowest BCUT2D eigenvalue weighted by atomic mass is 10.1. The summed E-state index contributed by atoms with van der Waals surface area (Å²) >= 11 is 1.52. The summed E-state index contributed by atoms with van der Waals surface area (Å²) in [6.45, 7) is 4.57. The van der Waals surface area contributed by atoms with Gasteiger partial charge in [0.15, 0.2) is 5.13 Å². The van der Waals surface area contributed by atoms with E-state index in [0.29, 0.717) is 28.7 Å². The number of ether oxygens (including phenoxy) is 2. The largest absolute Gasteiger partial charge is 0.497 e. The molecule has 3 aromatic carbocycles. The van der Waals surface area contributed by atoms with E-state index in [1.54, 1.807) is 37.3 Å². The molecule has 0 aliphatic heterocycles. The molecule has 0 radical (unpaired) electrons. The van der Waals surface area contributed by atoms with Crippen LogP contribution in [0.5, 0.6) is 11.5 Å². The average molecular weight is 433 g/mol. The highest BCUT2D eigenvalue weighted by Gasteiger charge is 2.23. The van der Waals surface area contributed by atoms with Crippen LogP contribution in [0.1, 0.15) is 27.0 Å². The van der Waals surface area contributed by atoms with E-state index < -0.39 is 0 Å². The summed E-state index contributed by atoms with van der Waals surface area (Å²) < 4.78 is 11.8. The monoisotopic (exact) mass is 432 g/mol. The van der Waals surface area contributed by atoms with Gasteiger partial charge >= 0.3 is 0 Å². The number of methoxy groups -OCH3 is 2. The predicted octanol–water partition coefficient (Wildman–Crippen LogP) is 5.78. The van der Waals surface area contributed by atoms with Crippen LogP contribution in [0.2, 0.25) is 0 Å².